The van der Waals surface area contributed by atoms with Gasteiger partial charge < -0.3 is 39.4 Å². The molecule has 5 N–H and O–H groups in total. The molecule has 0 aliphatic carbocycles. The molecule has 0 aromatic heterocycles. The van der Waals surface area contributed by atoms with Gasteiger partial charge in [-0.15, -0.1) is 11.8 Å². The summed E-state index contributed by atoms with van der Waals surface area (Å²) in [5, 5.41) is 50.0. The van der Waals surface area contributed by atoms with E-state index in [0.717, 1.165) is 27.8 Å². The van der Waals surface area contributed by atoms with Crippen molar-refractivity contribution in [1.82, 2.24) is 15.1 Å². The molecule has 0 amide bonds. The third kappa shape index (κ3) is 4.06. The zero-order valence-corrected chi connectivity index (χ0v) is 29.4. The van der Waals surface area contributed by atoms with Gasteiger partial charge in [-0.25, -0.2) is 4.79 Å². The van der Waals surface area contributed by atoms with Crippen molar-refractivity contribution < 1.29 is 44.2 Å². The fourth-order valence-corrected chi connectivity index (χ4v) is 11.4. The summed E-state index contributed by atoms with van der Waals surface area (Å²) in [6.45, 7) is 5.87. The fraction of sp³-hybridized carbons (Fsp3) is 0.486. The Bertz CT molecular complexity index is 1990. The highest BCUT2D eigenvalue weighted by Crippen LogP contribution is 2.64. The van der Waals surface area contributed by atoms with Gasteiger partial charge >= 0.3 is 5.97 Å². The topological polar surface area (TPSA) is 153 Å². The second kappa shape index (κ2) is 11.1. The van der Waals surface area contributed by atoms with E-state index in [1.807, 2.05) is 37.9 Å². The monoisotopic (exact) mass is 703 g/mol. The van der Waals surface area contributed by atoms with Gasteiger partial charge in [-0.05, 0) is 80.6 Å². The number of aliphatic hydroxyl groups is 1. The molecule has 2 saturated heterocycles. The maximum Gasteiger partial charge on any atom is 0.331 e. The van der Waals surface area contributed by atoms with Crippen LogP contribution in [0.25, 0.3) is 0 Å². The number of methoxy groups -OCH3 is 1. The van der Waals surface area contributed by atoms with Crippen LogP contribution in [0.4, 0.5) is 0 Å². The van der Waals surface area contributed by atoms with Crippen LogP contribution in [0.15, 0.2) is 18.2 Å². The zero-order chi connectivity index (χ0) is 35.0. The molecule has 13 heteroatoms. The molecule has 3 aromatic carbocycles. The minimum Gasteiger partial charge on any atom is -0.508 e. The summed E-state index contributed by atoms with van der Waals surface area (Å²) >= 11 is 1.50. The summed E-state index contributed by atoms with van der Waals surface area (Å²) in [6, 6.07) is 3.65. The average molecular weight is 704 g/mol. The molecule has 7 heterocycles. The first kappa shape index (κ1) is 32.1. The average Bonchev–Trinajstić information content (AvgIpc) is 3.58. The number of ether oxygens (including phenoxy) is 4. The van der Waals surface area contributed by atoms with Crippen LogP contribution in [-0.2, 0) is 27.9 Å². The number of phenolic OH excluding ortho intramolecular Hbond substituents is 3. The van der Waals surface area contributed by atoms with E-state index in [1.165, 1.54) is 11.8 Å². The largest absolute Gasteiger partial charge is 0.508 e. The fourth-order valence-electron chi connectivity index (χ4n) is 9.70. The van der Waals surface area contributed by atoms with Crippen molar-refractivity contribution in [1.29, 1.82) is 0 Å². The highest BCUT2D eigenvalue weighted by Gasteiger charge is 2.61. The van der Waals surface area contributed by atoms with Crippen LogP contribution in [0, 0.1) is 20.8 Å². The number of hydrogen-bond donors (Lipinski definition) is 5. The van der Waals surface area contributed by atoms with Gasteiger partial charge in [0, 0.05) is 40.6 Å². The first-order valence-corrected chi connectivity index (χ1v) is 18.1. The summed E-state index contributed by atoms with van der Waals surface area (Å²) in [4.78, 5) is 18.7. The molecule has 10 rings (SSSR count). The second-order valence-electron chi connectivity index (χ2n) is 14.5. The third-order valence-electron chi connectivity index (χ3n) is 12.1. The first-order valence-electron chi connectivity index (χ1n) is 17.1. The van der Waals surface area contributed by atoms with Gasteiger partial charge in [0.15, 0.2) is 28.5 Å². The van der Waals surface area contributed by atoms with E-state index >= 15 is 0 Å². The van der Waals surface area contributed by atoms with Crippen molar-refractivity contribution in [2.75, 3.05) is 39.9 Å². The lowest BCUT2D eigenvalue weighted by Crippen LogP contribution is -2.70. The number of likely N-dealkylation sites (N-methyl/N-ethyl adjacent to an activating group) is 1. The number of aliphatic hydroxyl groups excluding tert-OH is 1. The summed E-state index contributed by atoms with van der Waals surface area (Å²) in [5.41, 5.74) is 5.38. The molecular weight excluding hydrogens is 662 g/mol. The molecule has 50 heavy (non-hydrogen) atoms. The molecule has 7 aliphatic rings. The number of nitrogens with zero attached hydrogens (tertiary/aromatic N) is 2. The highest BCUT2D eigenvalue weighted by atomic mass is 32.2. The van der Waals surface area contributed by atoms with E-state index in [-0.39, 0.29) is 42.4 Å². The van der Waals surface area contributed by atoms with E-state index in [0.29, 0.717) is 58.9 Å². The summed E-state index contributed by atoms with van der Waals surface area (Å²) in [7, 11) is 3.52. The third-order valence-corrected chi connectivity index (χ3v) is 13.5. The van der Waals surface area contributed by atoms with E-state index in [1.54, 1.807) is 20.1 Å². The molecule has 4 bridgehead atoms. The van der Waals surface area contributed by atoms with Gasteiger partial charge in [0.1, 0.15) is 24.3 Å². The number of phenols is 3. The summed E-state index contributed by atoms with van der Waals surface area (Å²) in [6.07, 6.45) is 0.123. The maximum absolute atomic E-state index is 14.5. The van der Waals surface area contributed by atoms with Crippen LogP contribution in [0.3, 0.4) is 0 Å². The quantitative estimate of drug-likeness (QED) is 0.235. The van der Waals surface area contributed by atoms with E-state index in [2.05, 4.69) is 10.2 Å². The molecular formula is C37H41N3O9S. The summed E-state index contributed by atoms with van der Waals surface area (Å²) in [5.74, 6) is 1.43. The van der Waals surface area contributed by atoms with Crippen LogP contribution in [-0.4, -0.2) is 94.4 Å². The SMILES string of the molecule is COc1c(C)cc2c(c1O)[C@@H]1[C@@H]3[C@@H]4SC[C@]5(NCCc6cc(O)c(C)cc65)C(=O)OC[C@@H](c5c6c(c(C)c(O)c54)OCO6)N3[C@@H](O)[C@H](C2)N1C. The Labute approximate surface area is 293 Å². The van der Waals surface area contributed by atoms with Gasteiger partial charge in [0.05, 0.1) is 30.5 Å². The van der Waals surface area contributed by atoms with Gasteiger partial charge in [-0.2, -0.15) is 0 Å². The smallest absolute Gasteiger partial charge is 0.331 e. The van der Waals surface area contributed by atoms with E-state index in [4.69, 9.17) is 18.9 Å². The highest BCUT2D eigenvalue weighted by molar-refractivity contribution is 7.99. The second-order valence-corrected chi connectivity index (χ2v) is 15.6. The molecule has 2 fully saturated rings. The van der Waals surface area contributed by atoms with Crippen molar-refractivity contribution >= 4 is 17.7 Å². The zero-order valence-electron chi connectivity index (χ0n) is 28.6. The first-order chi connectivity index (χ1) is 24.0. The van der Waals surface area contributed by atoms with E-state index in [9.17, 15) is 25.2 Å². The number of carbonyl (C=O) groups is 1. The summed E-state index contributed by atoms with van der Waals surface area (Å²) < 4.78 is 24.0. The predicted octanol–water partition coefficient (Wildman–Crippen LogP) is 3.49. The number of benzene rings is 3. The van der Waals surface area contributed by atoms with Crippen LogP contribution in [0.5, 0.6) is 34.5 Å². The molecule has 264 valence electrons. The van der Waals surface area contributed by atoms with Crippen LogP contribution >= 0.6 is 11.8 Å². The molecule has 1 spiro atoms. The van der Waals surface area contributed by atoms with Gasteiger partial charge in [0.2, 0.25) is 6.79 Å². The molecule has 7 atom stereocenters. The minimum absolute atomic E-state index is 0.0211. The van der Waals surface area contributed by atoms with Crippen LogP contribution in [0.2, 0.25) is 0 Å². The van der Waals surface area contributed by atoms with Crippen molar-refractivity contribution in [3.8, 4) is 34.5 Å². The van der Waals surface area contributed by atoms with Gasteiger partial charge in [0.25, 0.3) is 0 Å². The van der Waals surface area contributed by atoms with Crippen molar-refractivity contribution in [3.63, 3.8) is 0 Å². The van der Waals surface area contributed by atoms with Crippen molar-refractivity contribution in [2.45, 2.75) is 74.8 Å². The number of aromatic hydroxyl groups is 3. The molecule has 3 aromatic rings. The number of thioether (sulfide) groups is 1. The lowest BCUT2D eigenvalue weighted by atomic mass is 9.73. The Kier molecular flexibility index (Phi) is 7.09. The number of esters is 1. The number of nitrogens with one attached hydrogen (secondary N) is 1. The van der Waals surface area contributed by atoms with Crippen molar-refractivity contribution in [2.24, 2.45) is 0 Å². The molecule has 0 unspecified atom stereocenters. The molecule has 12 nitrogen and oxygen atoms in total. The molecule has 0 saturated carbocycles. The number of fused-ring (bicyclic) bond motifs is 9. The Morgan fingerprint density at radius 2 is 1.76 bits per heavy atom. The van der Waals surface area contributed by atoms with E-state index < -0.39 is 41.1 Å². The predicted molar refractivity (Wildman–Crippen MR) is 183 cm³/mol. The Hall–Kier alpha value is -3.88. The Morgan fingerprint density at radius 3 is 2.54 bits per heavy atom. The standard InChI is InChI=1S/C37H41N3O9S/c1-15-9-20-18(11-23(15)41)6-7-38-37(20)13-50-34-26-25(33-32(48-14-49-33)17(3)29(26)42)22(12-47-36(37)45)40-28(34)27-24-19(10-21(35(40)44)39(27)4)8-16(2)31(46-5)30(24)43/h8-9,11,21-22,27-28,34-35,38,41-44H,6-7,10,12-14H2,1-5H3/t21-,22-,27+,28+,34+,35-,37+/m0/s1. The lowest BCUT2D eigenvalue weighted by Gasteiger charge is -2.62. The Morgan fingerprint density at radius 1 is 0.980 bits per heavy atom. The maximum atomic E-state index is 14.5. The number of aryl methyl sites for hydroxylation is 2. The number of rotatable bonds is 1. The van der Waals surface area contributed by atoms with Gasteiger partial charge in [-0.3, -0.25) is 15.1 Å². The minimum atomic E-state index is -1.24. The number of carbonyl (C=O) groups excluding carboxylic acids is 1. The Balaban J connectivity index is 1.30. The lowest BCUT2D eigenvalue weighted by molar-refractivity contribution is -0.186. The van der Waals surface area contributed by atoms with Crippen LogP contribution in [0.1, 0.15) is 67.4 Å². The number of piperazine rings is 1. The normalized spacial score (nSPS) is 31.0. The molecule has 0 radical (unpaired) electrons. The van der Waals surface area contributed by atoms with Crippen LogP contribution < -0.4 is 19.5 Å². The molecule has 7 aliphatic heterocycles. The van der Waals surface area contributed by atoms with Crippen molar-refractivity contribution in [3.05, 3.63) is 68.3 Å². The number of hydrogen-bond acceptors (Lipinski definition) is 13. The van der Waals surface area contributed by atoms with Gasteiger partial charge in [-0.1, -0.05) is 6.07 Å².